The fourth-order valence-electron chi connectivity index (χ4n) is 4.30. The van der Waals surface area contributed by atoms with E-state index in [1.165, 1.54) is 16.4 Å². The second kappa shape index (κ2) is 10.1. The number of amides is 1. The van der Waals surface area contributed by atoms with Crippen LogP contribution in [-0.4, -0.2) is 67.8 Å². The maximum Gasteiger partial charge on any atom is 0.254 e. The fraction of sp³-hybridized carbons (Fsp3) is 0.435. The zero-order valence-electron chi connectivity index (χ0n) is 18.3. The minimum Gasteiger partial charge on any atom is -0.352 e. The molecule has 2 aliphatic rings. The summed E-state index contributed by atoms with van der Waals surface area (Å²) in [4.78, 5) is 21.2. The first-order valence-electron chi connectivity index (χ1n) is 11.1. The molecule has 0 saturated carbocycles. The number of rotatable bonds is 4. The van der Waals surface area contributed by atoms with Crippen LogP contribution < -0.4 is 4.90 Å². The fourth-order valence-corrected chi connectivity index (χ4v) is 6.31. The third-order valence-electron chi connectivity index (χ3n) is 6.13. The molecule has 4 rings (SSSR count). The van der Waals surface area contributed by atoms with Crippen molar-refractivity contribution in [3.05, 3.63) is 52.7 Å². The molecule has 0 radical (unpaired) electrons. The Morgan fingerprint density at radius 1 is 1.00 bits per heavy atom. The lowest BCUT2D eigenvalue weighted by Gasteiger charge is -2.35. The number of piperazine rings is 1. The van der Waals surface area contributed by atoms with E-state index in [0.29, 0.717) is 56.2 Å². The predicted molar refractivity (Wildman–Crippen MR) is 126 cm³/mol. The Bertz CT molecular complexity index is 1160. The molecule has 2 fully saturated rings. The highest BCUT2D eigenvalue weighted by Gasteiger charge is 2.30. The molecular weight excluding hydrogens is 462 g/mol. The van der Waals surface area contributed by atoms with E-state index in [4.69, 9.17) is 11.6 Å². The van der Waals surface area contributed by atoms with E-state index < -0.39 is 10.0 Å². The molecule has 33 heavy (non-hydrogen) atoms. The van der Waals surface area contributed by atoms with Gasteiger partial charge in [-0.2, -0.15) is 9.57 Å². The van der Waals surface area contributed by atoms with Gasteiger partial charge in [-0.1, -0.05) is 24.4 Å². The first kappa shape index (κ1) is 23.5. The number of anilines is 1. The first-order chi connectivity index (χ1) is 15.9. The molecule has 0 atom stereocenters. The van der Waals surface area contributed by atoms with Crippen LogP contribution in [0.5, 0.6) is 0 Å². The van der Waals surface area contributed by atoms with Gasteiger partial charge in [-0.3, -0.25) is 4.79 Å². The second-order valence-corrected chi connectivity index (χ2v) is 10.5. The van der Waals surface area contributed by atoms with Gasteiger partial charge >= 0.3 is 0 Å². The molecule has 0 unspecified atom stereocenters. The van der Waals surface area contributed by atoms with Crippen molar-refractivity contribution in [2.75, 3.05) is 44.2 Å². The minimum absolute atomic E-state index is 0.0114. The summed E-state index contributed by atoms with van der Waals surface area (Å²) < 4.78 is 28.0. The van der Waals surface area contributed by atoms with Gasteiger partial charge < -0.3 is 9.80 Å². The smallest absolute Gasteiger partial charge is 0.254 e. The molecule has 2 aliphatic heterocycles. The molecule has 0 aliphatic carbocycles. The van der Waals surface area contributed by atoms with Gasteiger partial charge in [-0.25, -0.2) is 13.4 Å². The van der Waals surface area contributed by atoms with E-state index in [-0.39, 0.29) is 15.8 Å². The van der Waals surface area contributed by atoms with E-state index in [2.05, 4.69) is 11.1 Å². The number of sulfonamides is 1. The van der Waals surface area contributed by atoms with Crippen LogP contribution in [0, 0.1) is 11.3 Å². The Balaban J connectivity index is 1.50. The van der Waals surface area contributed by atoms with E-state index in [9.17, 15) is 18.5 Å². The molecular formula is C23H26ClN5O3S. The average molecular weight is 488 g/mol. The van der Waals surface area contributed by atoms with Crippen LogP contribution >= 0.6 is 11.6 Å². The monoisotopic (exact) mass is 487 g/mol. The normalized spacial score (nSPS) is 17.9. The van der Waals surface area contributed by atoms with Gasteiger partial charge in [0.2, 0.25) is 10.0 Å². The number of halogens is 1. The van der Waals surface area contributed by atoms with Crippen LogP contribution in [0.2, 0.25) is 5.02 Å². The van der Waals surface area contributed by atoms with Gasteiger partial charge in [0, 0.05) is 51.0 Å². The Morgan fingerprint density at radius 3 is 2.36 bits per heavy atom. The molecule has 2 saturated heterocycles. The maximum atomic E-state index is 13.2. The van der Waals surface area contributed by atoms with Crippen molar-refractivity contribution in [1.29, 1.82) is 5.26 Å². The molecule has 174 valence electrons. The van der Waals surface area contributed by atoms with E-state index >= 15 is 0 Å². The summed E-state index contributed by atoms with van der Waals surface area (Å²) in [7, 11) is -3.77. The molecule has 1 aromatic heterocycles. The number of hydrogen-bond donors (Lipinski definition) is 0. The Kier molecular flexibility index (Phi) is 7.17. The lowest BCUT2D eigenvalue weighted by molar-refractivity contribution is 0.0746. The number of pyridine rings is 1. The average Bonchev–Trinajstić information content (AvgIpc) is 3.14. The van der Waals surface area contributed by atoms with Crippen LogP contribution in [-0.2, 0) is 10.0 Å². The van der Waals surface area contributed by atoms with Gasteiger partial charge in [0.1, 0.15) is 16.8 Å². The zero-order valence-corrected chi connectivity index (χ0v) is 19.9. The van der Waals surface area contributed by atoms with Gasteiger partial charge in [0.05, 0.1) is 10.6 Å². The Labute approximate surface area is 199 Å². The Morgan fingerprint density at radius 2 is 1.70 bits per heavy atom. The lowest BCUT2D eigenvalue weighted by atomic mass is 10.1. The highest BCUT2D eigenvalue weighted by molar-refractivity contribution is 7.89. The molecule has 8 nitrogen and oxygen atoms in total. The highest BCUT2D eigenvalue weighted by Crippen LogP contribution is 2.28. The summed E-state index contributed by atoms with van der Waals surface area (Å²) in [6.07, 6.45) is 5.32. The Hall–Kier alpha value is -2.67. The van der Waals surface area contributed by atoms with Crippen LogP contribution in [0.4, 0.5) is 5.82 Å². The van der Waals surface area contributed by atoms with Crippen molar-refractivity contribution in [1.82, 2.24) is 14.2 Å². The zero-order chi connectivity index (χ0) is 23.4. The van der Waals surface area contributed by atoms with Crippen molar-refractivity contribution in [3.8, 4) is 6.07 Å². The molecule has 1 aromatic carbocycles. The van der Waals surface area contributed by atoms with Crippen LogP contribution in [0.3, 0.4) is 0 Å². The number of benzene rings is 1. The number of carbonyl (C=O) groups excluding carboxylic acids is 1. The van der Waals surface area contributed by atoms with Crippen molar-refractivity contribution in [2.24, 2.45) is 0 Å². The maximum absolute atomic E-state index is 13.2. The predicted octanol–water partition coefficient (Wildman–Crippen LogP) is 3.13. The quantitative estimate of drug-likeness (QED) is 0.657. The van der Waals surface area contributed by atoms with E-state index in [1.807, 2.05) is 4.90 Å². The number of aromatic nitrogens is 1. The molecule has 0 spiro atoms. The lowest BCUT2D eigenvalue weighted by Crippen LogP contribution is -2.49. The second-order valence-electron chi connectivity index (χ2n) is 8.23. The third kappa shape index (κ3) is 4.98. The standard InChI is InChI=1S/C23H26ClN5O3S/c24-20-8-7-18(16-21(20)33(31,32)29-10-3-1-2-4-11-29)23(30)28-14-12-27(13-15-28)22-19(17-25)6-5-9-26-22/h5-9,16H,1-4,10-15H2. The van der Waals surface area contributed by atoms with Gasteiger partial charge in [-0.15, -0.1) is 0 Å². The summed E-state index contributed by atoms with van der Waals surface area (Å²) in [5.74, 6) is 0.379. The summed E-state index contributed by atoms with van der Waals surface area (Å²) in [6, 6.07) is 10.1. The largest absolute Gasteiger partial charge is 0.352 e. The van der Waals surface area contributed by atoms with Gasteiger partial charge in [0.15, 0.2) is 0 Å². The highest BCUT2D eigenvalue weighted by atomic mass is 35.5. The number of hydrogen-bond acceptors (Lipinski definition) is 6. The van der Waals surface area contributed by atoms with Crippen LogP contribution in [0.15, 0.2) is 41.4 Å². The summed E-state index contributed by atoms with van der Waals surface area (Å²) in [5, 5.41) is 9.44. The van der Waals surface area contributed by atoms with Crippen LogP contribution in [0.1, 0.15) is 41.6 Å². The van der Waals surface area contributed by atoms with E-state index in [1.54, 1.807) is 29.3 Å². The first-order valence-corrected chi connectivity index (χ1v) is 12.9. The van der Waals surface area contributed by atoms with Crippen molar-refractivity contribution >= 4 is 33.3 Å². The molecule has 0 N–H and O–H groups in total. The summed E-state index contributed by atoms with van der Waals surface area (Å²) in [5.41, 5.74) is 0.801. The molecule has 10 heteroatoms. The number of nitrogens with zero attached hydrogens (tertiary/aromatic N) is 5. The van der Waals surface area contributed by atoms with Crippen molar-refractivity contribution in [3.63, 3.8) is 0 Å². The molecule has 3 heterocycles. The number of nitriles is 1. The SMILES string of the molecule is N#Cc1cccnc1N1CCN(C(=O)c2ccc(Cl)c(S(=O)(=O)N3CCCCCC3)c2)CC1. The van der Waals surface area contributed by atoms with Crippen molar-refractivity contribution in [2.45, 2.75) is 30.6 Å². The summed E-state index contributed by atoms with van der Waals surface area (Å²) >= 11 is 6.28. The van der Waals surface area contributed by atoms with Gasteiger partial charge in [-0.05, 0) is 43.2 Å². The van der Waals surface area contributed by atoms with Crippen molar-refractivity contribution < 1.29 is 13.2 Å². The summed E-state index contributed by atoms with van der Waals surface area (Å²) in [6.45, 7) is 2.89. The van der Waals surface area contributed by atoms with Crippen LogP contribution in [0.25, 0.3) is 0 Å². The number of carbonyl (C=O) groups is 1. The molecule has 1 amide bonds. The minimum atomic E-state index is -3.77. The van der Waals surface area contributed by atoms with Gasteiger partial charge in [0.25, 0.3) is 5.91 Å². The molecule has 2 aromatic rings. The molecule has 0 bridgehead atoms. The van der Waals surface area contributed by atoms with E-state index in [0.717, 1.165) is 25.7 Å². The topological polar surface area (TPSA) is 97.6 Å². The third-order valence-corrected chi connectivity index (χ3v) is 8.51.